The molecule has 1 fully saturated rings. The molecule has 2 nitrogen and oxygen atoms in total. The lowest BCUT2D eigenvalue weighted by molar-refractivity contribution is 0.238. The highest BCUT2D eigenvalue weighted by Gasteiger charge is 2.16. The minimum Gasteiger partial charge on any atom is -0.311 e. The van der Waals surface area contributed by atoms with Crippen LogP contribution in [0, 0.1) is 0 Å². The second kappa shape index (κ2) is 6.18. The Kier molecular flexibility index (Phi) is 4.57. The Morgan fingerprint density at radius 3 is 2.59 bits per heavy atom. The van der Waals surface area contributed by atoms with Crippen LogP contribution in [0.2, 0.25) is 0 Å². The van der Waals surface area contributed by atoms with Crippen LogP contribution < -0.4 is 5.32 Å². The number of nitrogens with zero attached hydrogens (tertiary/aromatic N) is 1. The Balaban J connectivity index is 1.89. The molecule has 0 spiro atoms. The van der Waals surface area contributed by atoms with E-state index in [0.717, 1.165) is 19.5 Å². The first-order valence-corrected chi connectivity index (χ1v) is 6.77. The number of rotatable bonds is 4. The normalized spacial score (nSPS) is 21.6. The average molecular weight is 232 g/mol. The van der Waals surface area contributed by atoms with E-state index < -0.39 is 0 Å². The molecule has 0 bridgehead atoms. The van der Waals surface area contributed by atoms with E-state index in [2.05, 4.69) is 48.5 Å². The number of nitrogens with one attached hydrogen (secondary N) is 1. The van der Waals surface area contributed by atoms with Gasteiger partial charge < -0.3 is 10.2 Å². The number of hydrogen-bond donors (Lipinski definition) is 1. The summed E-state index contributed by atoms with van der Waals surface area (Å²) >= 11 is 0. The maximum Gasteiger partial charge on any atom is 0.0235 e. The van der Waals surface area contributed by atoms with Crippen molar-refractivity contribution in [2.45, 2.75) is 32.2 Å². The lowest BCUT2D eigenvalue weighted by Crippen LogP contribution is -2.49. The first-order chi connectivity index (χ1) is 8.28. The van der Waals surface area contributed by atoms with E-state index in [0.29, 0.717) is 6.04 Å². The second-order valence-corrected chi connectivity index (χ2v) is 5.18. The van der Waals surface area contributed by atoms with Crippen LogP contribution in [0.15, 0.2) is 24.3 Å². The number of hydrogen-bond acceptors (Lipinski definition) is 2. The van der Waals surface area contributed by atoms with E-state index in [4.69, 9.17) is 0 Å². The Morgan fingerprint density at radius 2 is 1.94 bits per heavy atom. The molecular weight excluding hydrogens is 208 g/mol. The molecule has 17 heavy (non-hydrogen) atoms. The van der Waals surface area contributed by atoms with E-state index in [1.165, 1.54) is 30.5 Å². The predicted molar refractivity (Wildman–Crippen MR) is 73.4 cm³/mol. The summed E-state index contributed by atoms with van der Waals surface area (Å²) in [5.41, 5.74) is 2.92. The topological polar surface area (TPSA) is 15.3 Å². The minimum absolute atomic E-state index is 0.616. The number of aryl methyl sites for hydroxylation is 1. The van der Waals surface area contributed by atoms with Crippen LogP contribution in [0.5, 0.6) is 0 Å². The SMILES string of the molecule is CCCc1ccc(CC2CN(C)CCN2)cc1. The van der Waals surface area contributed by atoms with Crippen molar-refractivity contribution in [3.05, 3.63) is 35.4 Å². The molecule has 1 aromatic carbocycles. The largest absolute Gasteiger partial charge is 0.311 e. The first-order valence-electron chi connectivity index (χ1n) is 6.77. The van der Waals surface area contributed by atoms with E-state index in [-0.39, 0.29) is 0 Å². The smallest absolute Gasteiger partial charge is 0.0235 e. The molecule has 0 saturated carbocycles. The zero-order valence-corrected chi connectivity index (χ0v) is 11.1. The fourth-order valence-corrected chi connectivity index (χ4v) is 2.54. The van der Waals surface area contributed by atoms with Gasteiger partial charge in [0.15, 0.2) is 0 Å². The van der Waals surface area contributed by atoms with Gasteiger partial charge in [-0.25, -0.2) is 0 Å². The highest BCUT2D eigenvalue weighted by molar-refractivity contribution is 5.23. The lowest BCUT2D eigenvalue weighted by Gasteiger charge is -2.31. The predicted octanol–water partition coefficient (Wildman–Crippen LogP) is 2.09. The first kappa shape index (κ1) is 12.6. The molecule has 1 aliphatic rings. The summed E-state index contributed by atoms with van der Waals surface area (Å²) in [4.78, 5) is 2.41. The third-order valence-electron chi connectivity index (χ3n) is 3.50. The summed E-state index contributed by atoms with van der Waals surface area (Å²) in [5.74, 6) is 0. The van der Waals surface area contributed by atoms with Gasteiger partial charge in [-0.1, -0.05) is 37.6 Å². The van der Waals surface area contributed by atoms with Gasteiger partial charge in [0, 0.05) is 25.7 Å². The van der Waals surface area contributed by atoms with Crippen molar-refractivity contribution in [3.63, 3.8) is 0 Å². The van der Waals surface area contributed by atoms with Gasteiger partial charge in [-0.05, 0) is 31.0 Å². The molecule has 1 aromatic rings. The monoisotopic (exact) mass is 232 g/mol. The molecule has 0 amide bonds. The van der Waals surface area contributed by atoms with E-state index >= 15 is 0 Å². The average Bonchev–Trinajstić information content (AvgIpc) is 2.32. The Labute approximate surface area is 105 Å². The molecule has 1 aliphatic heterocycles. The highest BCUT2D eigenvalue weighted by atomic mass is 15.2. The Morgan fingerprint density at radius 1 is 1.24 bits per heavy atom. The third kappa shape index (κ3) is 3.83. The summed E-state index contributed by atoms with van der Waals surface area (Å²) < 4.78 is 0. The summed E-state index contributed by atoms with van der Waals surface area (Å²) in [7, 11) is 2.21. The summed E-state index contributed by atoms with van der Waals surface area (Å²) in [5, 5.41) is 3.60. The molecule has 2 rings (SSSR count). The molecule has 0 aliphatic carbocycles. The van der Waals surface area contributed by atoms with Crippen molar-refractivity contribution < 1.29 is 0 Å². The molecule has 1 saturated heterocycles. The molecule has 1 unspecified atom stereocenters. The Bertz CT molecular complexity index is 331. The second-order valence-electron chi connectivity index (χ2n) is 5.18. The van der Waals surface area contributed by atoms with Crippen molar-refractivity contribution in [2.24, 2.45) is 0 Å². The quantitative estimate of drug-likeness (QED) is 0.855. The standard InChI is InChI=1S/C15H24N2/c1-3-4-13-5-7-14(8-6-13)11-15-12-17(2)10-9-16-15/h5-8,15-16H,3-4,9-12H2,1-2H3. The number of likely N-dealkylation sites (N-methyl/N-ethyl adjacent to an activating group) is 1. The van der Waals surface area contributed by atoms with Gasteiger partial charge in [0.05, 0.1) is 0 Å². The van der Waals surface area contributed by atoms with E-state index in [1.807, 2.05) is 0 Å². The van der Waals surface area contributed by atoms with Gasteiger partial charge in [0.25, 0.3) is 0 Å². The molecule has 94 valence electrons. The van der Waals surface area contributed by atoms with Gasteiger partial charge >= 0.3 is 0 Å². The van der Waals surface area contributed by atoms with Gasteiger partial charge in [0.2, 0.25) is 0 Å². The van der Waals surface area contributed by atoms with Crippen LogP contribution in [0.1, 0.15) is 24.5 Å². The van der Waals surface area contributed by atoms with Crippen LogP contribution >= 0.6 is 0 Å². The van der Waals surface area contributed by atoms with Crippen LogP contribution in [-0.2, 0) is 12.8 Å². The van der Waals surface area contributed by atoms with Gasteiger partial charge in [0.1, 0.15) is 0 Å². The molecule has 0 radical (unpaired) electrons. The van der Waals surface area contributed by atoms with Crippen molar-refractivity contribution in [3.8, 4) is 0 Å². The fraction of sp³-hybridized carbons (Fsp3) is 0.600. The van der Waals surface area contributed by atoms with Crippen molar-refractivity contribution in [1.29, 1.82) is 0 Å². The molecule has 1 atom stereocenters. The van der Waals surface area contributed by atoms with Crippen molar-refractivity contribution >= 4 is 0 Å². The minimum atomic E-state index is 0.616. The number of piperazine rings is 1. The maximum atomic E-state index is 3.60. The fourth-order valence-electron chi connectivity index (χ4n) is 2.54. The van der Waals surface area contributed by atoms with Crippen LogP contribution in [0.3, 0.4) is 0 Å². The van der Waals surface area contributed by atoms with Gasteiger partial charge in [-0.3, -0.25) is 0 Å². The molecule has 1 heterocycles. The lowest BCUT2D eigenvalue weighted by atomic mass is 10.0. The molecular formula is C15H24N2. The maximum absolute atomic E-state index is 3.60. The Hall–Kier alpha value is -0.860. The van der Waals surface area contributed by atoms with E-state index in [9.17, 15) is 0 Å². The molecule has 0 aromatic heterocycles. The van der Waals surface area contributed by atoms with Gasteiger partial charge in [-0.2, -0.15) is 0 Å². The molecule has 2 heteroatoms. The number of benzene rings is 1. The van der Waals surface area contributed by atoms with Crippen LogP contribution in [0.4, 0.5) is 0 Å². The summed E-state index contributed by atoms with van der Waals surface area (Å²) in [6.45, 7) is 5.69. The van der Waals surface area contributed by atoms with Crippen LogP contribution in [-0.4, -0.2) is 37.6 Å². The van der Waals surface area contributed by atoms with Crippen molar-refractivity contribution in [2.75, 3.05) is 26.7 Å². The summed E-state index contributed by atoms with van der Waals surface area (Å²) in [6.07, 6.45) is 3.58. The third-order valence-corrected chi connectivity index (χ3v) is 3.50. The van der Waals surface area contributed by atoms with Gasteiger partial charge in [-0.15, -0.1) is 0 Å². The zero-order valence-electron chi connectivity index (χ0n) is 11.1. The highest BCUT2D eigenvalue weighted by Crippen LogP contribution is 2.10. The zero-order chi connectivity index (χ0) is 12.1. The van der Waals surface area contributed by atoms with Crippen molar-refractivity contribution in [1.82, 2.24) is 10.2 Å². The van der Waals surface area contributed by atoms with Crippen LogP contribution in [0.25, 0.3) is 0 Å². The summed E-state index contributed by atoms with van der Waals surface area (Å²) in [6, 6.07) is 9.77. The molecule has 1 N–H and O–H groups in total. The van der Waals surface area contributed by atoms with E-state index in [1.54, 1.807) is 0 Å².